The van der Waals surface area contributed by atoms with Crippen LogP contribution in [-0.4, -0.2) is 95.2 Å². The summed E-state index contributed by atoms with van der Waals surface area (Å²) in [5.74, 6) is -4.19. The lowest BCUT2D eigenvalue weighted by molar-refractivity contribution is -0.251. The maximum absolute atomic E-state index is 14.4. The lowest BCUT2D eigenvalue weighted by Gasteiger charge is -2.29. The van der Waals surface area contributed by atoms with Crippen LogP contribution in [0, 0.1) is 5.92 Å². The molecule has 4 aromatic rings. The van der Waals surface area contributed by atoms with Gasteiger partial charge in [0.2, 0.25) is 23.6 Å². The predicted octanol–water partition coefficient (Wildman–Crippen LogP) is 2.85. The highest BCUT2D eigenvalue weighted by Crippen LogP contribution is 2.44. The van der Waals surface area contributed by atoms with Gasteiger partial charge in [0.1, 0.15) is 24.2 Å². The maximum Gasteiger partial charge on any atom is 0.248 e. The van der Waals surface area contributed by atoms with Crippen LogP contribution in [0.3, 0.4) is 0 Å². The van der Waals surface area contributed by atoms with Crippen molar-refractivity contribution in [3.05, 3.63) is 121 Å². The van der Waals surface area contributed by atoms with Crippen molar-refractivity contribution in [3.8, 4) is 11.1 Å². The van der Waals surface area contributed by atoms with E-state index in [4.69, 9.17) is 21.9 Å². The highest BCUT2D eigenvalue weighted by molar-refractivity contribution is 5.97. The molecule has 9 N–H and O–H groups in total. The van der Waals surface area contributed by atoms with Gasteiger partial charge < -0.3 is 47.6 Å². The van der Waals surface area contributed by atoms with Crippen molar-refractivity contribution in [3.63, 3.8) is 0 Å². The van der Waals surface area contributed by atoms with Gasteiger partial charge in [0.25, 0.3) is 0 Å². The number of carbonyl (C=O) groups excluding carboxylic acids is 5. The van der Waals surface area contributed by atoms with Gasteiger partial charge in [-0.1, -0.05) is 78.9 Å². The van der Waals surface area contributed by atoms with E-state index in [1.165, 1.54) is 17.1 Å². The number of rotatable bonds is 22. The van der Waals surface area contributed by atoms with Crippen LogP contribution in [0.4, 0.5) is 0 Å². The van der Waals surface area contributed by atoms with E-state index in [0.29, 0.717) is 19.3 Å². The number of primary amides is 1. The SMILES string of the molecule is C=CC[C@H](N=C([O-])OCC1c2ccccc2-c2ccccc21)C(=O)N1CCCC1C(=O)N[C@@H](Cc1c[nH]c2ccccc12)C(=O)C[C@@H](CCCN=C(N)N)C(=O)N[C@@H](CC=C)C(N)=O. The number of amides is 4. The molecule has 6 rings (SSSR count). The summed E-state index contributed by atoms with van der Waals surface area (Å²) in [5.41, 5.74) is 22.3. The molecule has 1 unspecified atom stereocenters. The number of aliphatic imine (C=N–C) groups is 2. The van der Waals surface area contributed by atoms with Crippen LogP contribution >= 0.6 is 0 Å². The number of benzene rings is 3. The number of ether oxygens (including phenoxy) is 1. The standard InChI is InChI=1S/C48H57N9O7/c1-3-13-38(43(49)59)54-44(60)29(15-11-23-52-47(50)51)26-42(58)40(25-30-27-53-37-21-10-9-16-31(30)37)55-45(61)41-22-12-24-57(41)46(62)39(14-4-2)56-48(63)64-28-36-34-19-7-5-17-32(34)33-18-6-8-20-35(33)36/h3-10,16-21,27,29,36,38-41,53H,1-2,11-15,22-26,28H2,(H2,49,59)(H,54,60)(H,55,61)(H,56,63)(H4,50,51,52)/p-1/t29-,38+,39+,40+,41?/m1/s1. The number of hydrogen-bond donors (Lipinski definition) is 6. The fourth-order valence-electron chi connectivity index (χ4n) is 8.61. The van der Waals surface area contributed by atoms with Crippen molar-refractivity contribution >= 4 is 52.4 Å². The van der Waals surface area contributed by atoms with E-state index in [0.717, 1.165) is 38.7 Å². The monoisotopic (exact) mass is 870 g/mol. The fourth-order valence-corrected chi connectivity index (χ4v) is 8.61. The molecule has 1 aliphatic carbocycles. The highest BCUT2D eigenvalue weighted by atomic mass is 16.6. The lowest BCUT2D eigenvalue weighted by Crippen LogP contribution is -2.53. The average Bonchev–Trinajstić information content (AvgIpc) is 4.02. The molecule has 1 aliphatic heterocycles. The number of aromatic nitrogens is 1. The number of ketones is 1. The number of likely N-dealkylation sites (tertiary alicyclic amines) is 1. The van der Waals surface area contributed by atoms with Crippen LogP contribution in [0.5, 0.6) is 0 Å². The van der Waals surface area contributed by atoms with Gasteiger partial charge in [-0.05, 0) is 72.4 Å². The highest BCUT2D eigenvalue weighted by Gasteiger charge is 2.39. The molecular weight excluding hydrogens is 815 g/mol. The zero-order chi connectivity index (χ0) is 45.8. The Balaban J connectivity index is 1.19. The number of H-pyrrole nitrogens is 1. The van der Waals surface area contributed by atoms with Gasteiger partial charge in [0, 0.05) is 61.5 Å². The van der Waals surface area contributed by atoms with Gasteiger partial charge in [-0.2, -0.15) is 0 Å². The summed E-state index contributed by atoms with van der Waals surface area (Å²) in [6.45, 7) is 7.83. The normalized spacial score (nSPS) is 16.4. The van der Waals surface area contributed by atoms with Gasteiger partial charge in [-0.3, -0.25) is 34.0 Å². The summed E-state index contributed by atoms with van der Waals surface area (Å²) in [6, 6.07) is 19.0. The molecule has 64 heavy (non-hydrogen) atoms. The van der Waals surface area contributed by atoms with Crippen LogP contribution in [-0.2, 0) is 35.1 Å². The first kappa shape index (κ1) is 46.3. The third-order valence-corrected chi connectivity index (χ3v) is 11.8. The van der Waals surface area contributed by atoms with Crippen molar-refractivity contribution in [2.24, 2.45) is 33.1 Å². The van der Waals surface area contributed by atoms with E-state index >= 15 is 0 Å². The number of carbonyl (C=O) groups is 5. The third-order valence-electron chi connectivity index (χ3n) is 11.8. The third kappa shape index (κ3) is 11.2. The number of nitrogens with one attached hydrogen (secondary N) is 3. The fraction of sp³-hybridized carbons (Fsp3) is 0.354. The molecule has 5 atom stereocenters. The molecule has 16 heteroatoms. The number of Topliss-reactive ketones (excluding diaryl/α,β-unsaturated/α-hetero) is 1. The molecule has 2 heterocycles. The van der Waals surface area contributed by atoms with E-state index in [1.54, 1.807) is 6.20 Å². The second-order valence-corrected chi connectivity index (χ2v) is 16.1. The Hall–Kier alpha value is -7.23. The van der Waals surface area contributed by atoms with Gasteiger partial charge in [-0.25, -0.2) is 0 Å². The van der Waals surface area contributed by atoms with Crippen LogP contribution < -0.4 is 32.9 Å². The van der Waals surface area contributed by atoms with Crippen molar-refractivity contribution in [2.75, 3.05) is 19.7 Å². The zero-order valence-corrected chi connectivity index (χ0v) is 35.7. The summed E-state index contributed by atoms with van der Waals surface area (Å²) < 4.78 is 5.69. The maximum atomic E-state index is 14.4. The number of hydrogen-bond acceptors (Lipinski definition) is 9. The zero-order valence-electron chi connectivity index (χ0n) is 35.7. The smallest absolute Gasteiger partial charge is 0.248 e. The second kappa shape index (κ2) is 21.7. The molecule has 1 aromatic heterocycles. The van der Waals surface area contributed by atoms with Crippen molar-refractivity contribution in [1.29, 1.82) is 0 Å². The summed E-state index contributed by atoms with van der Waals surface area (Å²) >= 11 is 0. The Labute approximate surface area is 372 Å². The number of aromatic amines is 1. The molecular formula is C48H56N9O7-. The van der Waals surface area contributed by atoms with Crippen LogP contribution in [0.25, 0.3) is 22.0 Å². The Morgan fingerprint density at radius 3 is 2.25 bits per heavy atom. The van der Waals surface area contributed by atoms with Gasteiger partial charge in [0.15, 0.2) is 11.7 Å². The molecule has 16 nitrogen and oxygen atoms in total. The number of nitrogens with zero attached hydrogens (tertiary/aromatic N) is 3. The molecule has 3 aromatic carbocycles. The number of guanidine groups is 1. The Morgan fingerprint density at radius 1 is 0.906 bits per heavy atom. The molecule has 0 bridgehead atoms. The van der Waals surface area contributed by atoms with Gasteiger partial charge in [-0.15, -0.1) is 13.2 Å². The molecule has 2 aliphatic rings. The molecule has 4 amide bonds. The minimum absolute atomic E-state index is 0.0191. The summed E-state index contributed by atoms with van der Waals surface area (Å²) in [7, 11) is 0. The van der Waals surface area contributed by atoms with Crippen LogP contribution in [0.15, 0.2) is 114 Å². The van der Waals surface area contributed by atoms with Crippen molar-refractivity contribution in [1.82, 2.24) is 20.5 Å². The second-order valence-electron chi connectivity index (χ2n) is 16.1. The van der Waals surface area contributed by atoms with Gasteiger partial charge in [0.05, 0.1) is 6.04 Å². The minimum atomic E-state index is -1.20. The molecule has 0 spiro atoms. The predicted molar refractivity (Wildman–Crippen MR) is 243 cm³/mol. The summed E-state index contributed by atoms with van der Waals surface area (Å²) in [6.07, 6.45) is 4.93. The van der Waals surface area contributed by atoms with E-state index in [-0.39, 0.29) is 63.7 Å². The van der Waals surface area contributed by atoms with E-state index in [9.17, 15) is 29.1 Å². The molecule has 0 radical (unpaired) electrons. The molecule has 1 fully saturated rings. The van der Waals surface area contributed by atoms with Crippen LogP contribution in [0.1, 0.15) is 67.6 Å². The first-order valence-electron chi connectivity index (χ1n) is 21.5. The quantitative estimate of drug-likeness (QED) is 0.0293. The number of fused-ring (bicyclic) bond motifs is 4. The average molecular weight is 871 g/mol. The van der Waals surface area contributed by atoms with E-state index < -0.39 is 65.6 Å². The number of nitrogens with two attached hydrogens (primary N) is 3. The van der Waals surface area contributed by atoms with Crippen molar-refractivity contribution in [2.45, 2.75) is 81.5 Å². The topological polar surface area (TPSA) is 264 Å². The molecule has 336 valence electrons. The first-order valence-corrected chi connectivity index (χ1v) is 21.5. The molecule has 0 saturated carbocycles. The Kier molecular flexibility index (Phi) is 15.7. The van der Waals surface area contributed by atoms with Gasteiger partial charge >= 0.3 is 0 Å². The Morgan fingerprint density at radius 2 is 1.58 bits per heavy atom. The first-order chi connectivity index (χ1) is 30.9. The van der Waals surface area contributed by atoms with Crippen molar-refractivity contribution < 1.29 is 33.8 Å². The summed E-state index contributed by atoms with van der Waals surface area (Å²) in [4.78, 5) is 81.5. The summed E-state index contributed by atoms with van der Waals surface area (Å²) in [5, 5.41) is 19.7. The van der Waals surface area contributed by atoms with E-state index in [2.05, 4.69) is 38.8 Å². The van der Waals surface area contributed by atoms with Crippen LogP contribution in [0.2, 0.25) is 0 Å². The molecule has 1 saturated heterocycles. The van der Waals surface area contributed by atoms with E-state index in [1.807, 2.05) is 72.8 Å². The number of para-hydroxylation sites is 1. The minimum Gasteiger partial charge on any atom is -0.599 e. The lowest BCUT2D eigenvalue weighted by atomic mass is 9.90. The largest absolute Gasteiger partial charge is 0.599 e. The Bertz CT molecular complexity index is 2380.